The molecule has 0 aliphatic carbocycles. The normalized spacial score (nSPS) is 16.9. The molecule has 0 spiro atoms. The largest absolute Gasteiger partial charge is 0.314 e. The van der Waals surface area contributed by atoms with Gasteiger partial charge in [-0.3, -0.25) is 4.90 Å². The topological polar surface area (TPSA) is 15.3 Å². The first-order valence-electron chi connectivity index (χ1n) is 9.23. The molecule has 1 atom stereocenters. The molecule has 0 radical (unpaired) electrons. The van der Waals surface area contributed by atoms with Gasteiger partial charge in [-0.15, -0.1) is 0 Å². The van der Waals surface area contributed by atoms with Gasteiger partial charge in [0, 0.05) is 26.2 Å². The van der Waals surface area contributed by atoms with Crippen molar-refractivity contribution in [3.05, 3.63) is 82.9 Å². The zero-order valence-corrected chi connectivity index (χ0v) is 15.1. The predicted molar refractivity (Wildman–Crippen MR) is 106 cm³/mol. The van der Waals surface area contributed by atoms with Crippen molar-refractivity contribution >= 4 is 10.8 Å². The molecule has 3 aromatic carbocycles. The molecule has 2 heteroatoms. The Bertz CT molecular complexity index is 853. The molecule has 0 amide bonds. The van der Waals surface area contributed by atoms with Gasteiger partial charge in [-0.2, -0.15) is 0 Å². The molecule has 0 bridgehead atoms. The number of fused-ring (bicyclic) bond motifs is 1. The average Bonchev–Trinajstić information content (AvgIpc) is 2.62. The Labute approximate surface area is 150 Å². The third-order valence-electron chi connectivity index (χ3n) is 5.19. The van der Waals surface area contributed by atoms with Gasteiger partial charge in [0.05, 0.1) is 6.04 Å². The van der Waals surface area contributed by atoms with Crippen molar-refractivity contribution < 1.29 is 0 Å². The van der Waals surface area contributed by atoms with E-state index in [9.17, 15) is 0 Å². The molecule has 3 aromatic rings. The van der Waals surface area contributed by atoms with Gasteiger partial charge in [-0.05, 0) is 35.7 Å². The molecule has 0 aromatic heterocycles. The summed E-state index contributed by atoms with van der Waals surface area (Å²) in [6, 6.07) is 22.8. The molecule has 128 valence electrons. The first-order valence-corrected chi connectivity index (χ1v) is 9.23. The maximum absolute atomic E-state index is 3.49. The molecule has 0 saturated carbocycles. The summed E-state index contributed by atoms with van der Waals surface area (Å²) in [5, 5.41) is 6.18. The van der Waals surface area contributed by atoms with Crippen molar-refractivity contribution in [3.63, 3.8) is 0 Å². The molecule has 4 rings (SSSR count). The molecule has 1 N–H and O–H groups in total. The van der Waals surface area contributed by atoms with Gasteiger partial charge >= 0.3 is 0 Å². The van der Waals surface area contributed by atoms with Crippen molar-refractivity contribution in [2.75, 3.05) is 26.2 Å². The Hall–Kier alpha value is -2.16. The molecular formula is C23H26N2. The monoisotopic (exact) mass is 330 g/mol. The number of hydrogen-bond donors (Lipinski definition) is 1. The van der Waals surface area contributed by atoms with E-state index in [0.29, 0.717) is 6.04 Å². The molecule has 1 heterocycles. The first-order chi connectivity index (χ1) is 12.2. The Kier molecular flexibility index (Phi) is 4.56. The minimum Gasteiger partial charge on any atom is -0.314 e. The fourth-order valence-electron chi connectivity index (χ4n) is 4.18. The van der Waals surface area contributed by atoms with E-state index >= 15 is 0 Å². The third kappa shape index (κ3) is 3.33. The van der Waals surface area contributed by atoms with Gasteiger partial charge in [0.1, 0.15) is 0 Å². The van der Waals surface area contributed by atoms with E-state index in [4.69, 9.17) is 0 Å². The summed E-state index contributed by atoms with van der Waals surface area (Å²) in [4.78, 5) is 2.63. The van der Waals surface area contributed by atoms with E-state index in [1.807, 2.05) is 0 Å². The first kappa shape index (κ1) is 16.3. The summed E-state index contributed by atoms with van der Waals surface area (Å²) in [7, 11) is 0. The highest BCUT2D eigenvalue weighted by Crippen LogP contribution is 2.34. The van der Waals surface area contributed by atoms with Gasteiger partial charge in [-0.25, -0.2) is 0 Å². The van der Waals surface area contributed by atoms with E-state index in [1.165, 1.54) is 33.0 Å². The second-order valence-corrected chi connectivity index (χ2v) is 7.18. The zero-order chi connectivity index (χ0) is 17.2. The van der Waals surface area contributed by atoms with Crippen LogP contribution < -0.4 is 5.32 Å². The van der Waals surface area contributed by atoms with Crippen LogP contribution in [0.3, 0.4) is 0 Å². The van der Waals surface area contributed by atoms with Crippen molar-refractivity contribution in [2.24, 2.45) is 0 Å². The highest BCUT2D eigenvalue weighted by atomic mass is 15.2. The maximum Gasteiger partial charge on any atom is 0.0608 e. The molecule has 1 aliphatic heterocycles. The second kappa shape index (κ2) is 6.99. The van der Waals surface area contributed by atoms with Crippen LogP contribution in [0.1, 0.15) is 28.3 Å². The summed E-state index contributed by atoms with van der Waals surface area (Å²) in [6.07, 6.45) is 0. The summed E-state index contributed by atoms with van der Waals surface area (Å²) in [6.45, 7) is 8.70. The molecular weight excluding hydrogens is 304 g/mol. The fourth-order valence-corrected chi connectivity index (χ4v) is 4.18. The van der Waals surface area contributed by atoms with Crippen LogP contribution in [0.15, 0.2) is 60.7 Å². The molecule has 1 aliphatic rings. The lowest BCUT2D eigenvalue weighted by molar-refractivity contribution is 0.199. The molecule has 25 heavy (non-hydrogen) atoms. The molecule has 1 saturated heterocycles. The average molecular weight is 330 g/mol. The van der Waals surface area contributed by atoms with E-state index in [2.05, 4.69) is 84.7 Å². The number of aryl methyl sites for hydroxylation is 2. The van der Waals surface area contributed by atoms with E-state index in [0.717, 1.165) is 26.2 Å². The van der Waals surface area contributed by atoms with Crippen molar-refractivity contribution in [2.45, 2.75) is 19.9 Å². The molecule has 2 nitrogen and oxygen atoms in total. The lowest BCUT2D eigenvalue weighted by atomic mass is 9.90. The maximum atomic E-state index is 3.49. The third-order valence-corrected chi connectivity index (χ3v) is 5.19. The zero-order valence-electron chi connectivity index (χ0n) is 15.1. The number of nitrogens with zero attached hydrogens (tertiary/aromatic N) is 1. The quantitative estimate of drug-likeness (QED) is 0.763. The van der Waals surface area contributed by atoms with Gasteiger partial charge in [0.2, 0.25) is 0 Å². The Morgan fingerprint density at radius 1 is 0.840 bits per heavy atom. The van der Waals surface area contributed by atoms with Crippen molar-refractivity contribution in [1.29, 1.82) is 0 Å². The predicted octanol–water partition coefficient (Wildman–Crippen LogP) is 4.45. The van der Waals surface area contributed by atoms with Crippen LogP contribution in [-0.2, 0) is 0 Å². The minimum atomic E-state index is 0.312. The van der Waals surface area contributed by atoms with Crippen LogP contribution >= 0.6 is 0 Å². The standard InChI is InChI=1S/C23H26N2/c1-17-14-18(2)16-20(15-17)23(25-12-10-24-11-13-25)22-9-5-7-19-6-3-4-8-21(19)22/h3-9,14-16,23-24H,10-13H2,1-2H3. The number of benzene rings is 3. The van der Waals surface area contributed by atoms with Crippen LogP contribution in [0.2, 0.25) is 0 Å². The Morgan fingerprint density at radius 2 is 1.52 bits per heavy atom. The van der Waals surface area contributed by atoms with Gasteiger partial charge in [0.15, 0.2) is 0 Å². The van der Waals surface area contributed by atoms with E-state index in [-0.39, 0.29) is 0 Å². The number of nitrogens with one attached hydrogen (secondary N) is 1. The summed E-state index contributed by atoms with van der Waals surface area (Å²) in [5.41, 5.74) is 5.52. The van der Waals surface area contributed by atoms with Gasteiger partial charge < -0.3 is 5.32 Å². The van der Waals surface area contributed by atoms with Gasteiger partial charge in [-0.1, -0.05) is 71.8 Å². The van der Waals surface area contributed by atoms with Gasteiger partial charge in [0.25, 0.3) is 0 Å². The second-order valence-electron chi connectivity index (χ2n) is 7.18. The van der Waals surface area contributed by atoms with Crippen molar-refractivity contribution in [1.82, 2.24) is 10.2 Å². The molecule has 1 unspecified atom stereocenters. The Morgan fingerprint density at radius 3 is 2.28 bits per heavy atom. The van der Waals surface area contributed by atoms with Crippen LogP contribution in [0.4, 0.5) is 0 Å². The summed E-state index contributed by atoms with van der Waals surface area (Å²) >= 11 is 0. The smallest absolute Gasteiger partial charge is 0.0608 e. The van der Waals surface area contributed by atoms with Crippen LogP contribution in [0.25, 0.3) is 10.8 Å². The fraction of sp³-hybridized carbons (Fsp3) is 0.304. The number of rotatable bonds is 3. The Balaban J connectivity index is 1.90. The highest BCUT2D eigenvalue weighted by Gasteiger charge is 2.25. The lowest BCUT2D eigenvalue weighted by Crippen LogP contribution is -2.45. The van der Waals surface area contributed by atoms with Crippen molar-refractivity contribution in [3.8, 4) is 0 Å². The number of piperazine rings is 1. The van der Waals surface area contributed by atoms with E-state index < -0.39 is 0 Å². The summed E-state index contributed by atoms with van der Waals surface area (Å²) < 4.78 is 0. The highest BCUT2D eigenvalue weighted by molar-refractivity contribution is 5.86. The molecule has 1 fully saturated rings. The van der Waals surface area contributed by atoms with Crippen LogP contribution in [-0.4, -0.2) is 31.1 Å². The number of hydrogen-bond acceptors (Lipinski definition) is 2. The minimum absolute atomic E-state index is 0.312. The summed E-state index contributed by atoms with van der Waals surface area (Å²) in [5.74, 6) is 0. The lowest BCUT2D eigenvalue weighted by Gasteiger charge is -2.36. The van der Waals surface area contributed by atoms with E-state index in [1.54, 1.807) is 0 Å². The SMILES string of the molecule is Cc1cc(C)cc(C(c2cccc3ccccc23)N2CCNCC2)c1. The van der Waals surface area contributed by atoms with Crippen LogP contribution in [0, 0.1) is 13.8 Å². The van der Waals surface area contributed by atoms with Crippen LogP contribution in [0.5, 0.6) is 0 Å².